The minimum atomic E-state index is -0.288. The van der Waals surface area contributed by atoms with Crippen LogP contribution in [0.2, 0.25) is 0 Å². The van der Waals surface area contributed by atoms with Gasteiger partial charge in [0.05, 0.1) is 11.8 Å². The summed E-state index contributed by atoms with van der Waals surface area (Å²) in [6.07, 6.45) is 0. The lowest BCUT2D eigenvalue weighted by Gasteiger charge is -2.12. The zero-order chi connectivity index (χ0) is 17.5. The number of amides is 1. The summed E-state index contributed by atoms with van der Waals surface area (Å²) in [6.45, 7) is 2.95. The van der Waals surface area contributed by atoms with Crippen molar-refractivity contribution in [1.82, 2.24) is 25.5 Å². The van der Waals surface area contributed by atoms with Crippen molar-refractivity contribution in [2.75, 3.05) is 0 Å². The van der Waals surface area contributed by atoms with Crippen molar-refractivity contribution in [2.45, 2.75) is 30.4 Å². The molecule has 0 aliphatic heterocycles. The number of carbonyl (C=O) groups is 1. The molecule has 0 saturated carbocycles. The number of nitrogens with zero attached hydrogens (tertiary/aromatic N) is 4. The highest BCUT2D eigenvalue weighted by Crippen LogP contribution is 2.21. The van der Waals surface area contributed by atoms with Crippen molar-refractivity contribution in [3.8, 4) is 0 Å². The van der Waals surface area contributed by atoms with Gasteiger partial charge in [-0.25, -0.2) is 4.68 Å². The van der Waals surface area contributed by atoms with Gasteiger partial charge in [0.2, 0.25) is 11.1 Å². The number of hydrogen-bond donors (Lipinski definition) is 1. The van der Waals surface area contributed by atoms with Crippen LogP contribution in [0.1, 0.15) is 18.1 Å². The molecule has 1 amide bonds. The van der Waals surface area contributed by atoms with E-state index in [1.54, 1.807) is 4.68 Å². The number of aromatic nitrogens is 4. The second-order valence-electron chi connectivity index (χ2n) is 5.57. The number of carbonyl (C=O) groups excluding carboxylic acids is 1. The quantitative estimate of drug-likeness (QED) is 0.661. The fourth-order valence-electron chi connectivity index (χ4n) is 2.28. The van der Waals surface area contributed by atoms with Crippen LogP contribution < -0.4 is 5.32 Å². The zero-order valence-electron chi connectivity index (χ0n) is 13.9. The summed E-state index contributed by atoms with van der Waals surface area (Å²) in [7, 11) is 0. The van der Waals surface area contributed by atoms with Gasteiger partial charge in [-0.05, 0) is 28.5 Å². The molecule has 3 aromatic rings. The molecule has 1 heterocycles. The number of benzene rings is 2. The molecule has 1 N–H and O–H groups in total. The molecule has 1 atom stereocenters. The smallest absolute Gasteiger partial charge is 0.233 e. The summed E-state index contributed by atoms with van der Waals surface area (Å²) in [5, 5.41) is 15.1. The summed E-state index contributed by atoms with van der Waals surface area (Å²) < 4.78 is 1.71. The highest BCUT2D eigenvalue weighted by Gasteiger charge is 2.18. The Morgan fingerprint density at radius 2 is 1.72 bits per heavy atom. The number of thioether (sulfide) groups is 1. The Balaban J connectivity index is 1.57. The van der Waals surface area contributed by atoms with Gasteiger partial charge < -0.3 is 5.32 Å². The van der Waals surface area contributed by atoms with E-state index in [1.807, 2.05) is 67.6 Å². The average Bonchev–Trinajstić information content (AvgIpc) is 3.08. The predicted molar refractivity (Wildman–Crippen MR) is 97.0 cm³/mol. The molecule has 7 heteroatoms. The Bertz CT molecular complexity index is 807. The lowest BCUT2D eigenvalue weighted by Crippen LogP contribution is -2.30. The van der Waals surface area contributed by atoms with E-state index in [1.165, 1.54) is 11.8 Å². The van der Waals surface area contributed by atoms with Gasteiger partial charge in [0.1, 0.15) is 0 Å². The Labute approximate surface area is 150 Å². The normalized spacial score (nSPS) is 11.9. The van der Waals surface area contributed by atoms with E-state index in [9.17, 15) is 4.79 Å². The number of tetrazole rings is 1. The molecule has 3 rings (SSSR count). The van der Waals surface area contributed by atoms with E-state index in [4.69, 9.17) is 0 Å². The fraction of sp³-hybridized carbons (Fsp3) is 0.222. The van der Waals surface area contributed by atoms with Crippen molar-refractivity contribution in [3.05, 3.63) is 71.8 Å². The largest absolute Gasteiger partial charge is 0.351 e. The van der Waals surface area contributed by atoms with Gasteiger partial charge in [-0.1, -0.05) is 72.4 Å². The summed E-state index contributed by atoms with van der Waals surface area (Å²) >= 11 is 1.35. The highest BCUT2D eigenvalue weighted by molar-refractivity contribution is 8.00. The molecule has 0 spiro atoms. The number of rotatable bonds is 7. The SMILES string of the molecule is C[C@H](Sc1nnnn1Cc1ccccc1)C(=O)NCc1ccccc1. The Morgan fingerprint density at radius 3 is 2.40 bits per heavy atom. The maximum atomic E-state index is 12.3. The van der Waals surface area contributed by atoms with Crippen LogP contribution in [0.5, 0.6) is 0 Å². The van der Waals surface area contributed by atoms with Crippen LogP contribution in [0.4, 0.5) is 0 Å². The Morgan fingerprint density at radius 1 is 1.08 bits per heavy atom. The topological polar surface area (TPSA) is 72.7 Å². The van der Waals surface area contributed by atoms with Crippen LogP contribution in [0.25, 0.3) is 0 Å². The predicted octanol–water partition coefficient (Wildman–Crippen LogP) is 2.52. The van der Waals surface area contributed by atoms with Gasteiger partial charge in [-0.2, -0.15) is 0 Å². The first-order chi connectivity index (χ1) is 12.2. The Kier molecular flexibility index (Phi) is 5.79. The van der Waals surface area contributed by atoms with Crippen LogP contribution in [-0.2, 0) is 17.9 Å². The van der Waals surface area contributed by atoms with E-state index >= 15 is 0 Å². The van der Waals surface area contributed by atoms with Gasteiger partial charge in [-0.3, -0.25) is 4.79 Å². The van der Waals surface area contributed by atoms with E-state index in [-0.39, 0.29) is 11.2 Å². The van der Waals surface area contributed by atoms with Crippen molar-refractivity contribution < 1.29 is 4.79 Å². The van der Waals surface area contributed by atoms with E-state index in [0.717, 1.165) is 11.1 Å². The summed E-state index contributed by atoms with van der Waals surface area (Å²) in [5.41, 5.74) is 2.18. The molecule has 0 saturated heterocycles. The molecule has 0 aliphatic carbocycles. The Hall–Kier alpha value is -2.67. The van der Waals surface area contributed by atoms with Crippen LogP contribution in [0.3, 0.4) is 0 Å². The monoisotopic (exact) mass is 353 g/mol. The van der Waals surface area contributed by atoms with Gasteiger partial charge in [0, 0.05) is 6.54 Å². The van der Waals surface area contributed by atoms with Crippen LogP contribution in [0, 0.1) is 0 Å². The molecule has 6 nitrogen and oxygen atoms in total. The third-order valence-corrected chi connectivity index (χ3v) is 4.71. The van der Waals surface area contributed by atoms with E-state index in [2.05, 4.69) is 20.8 Å². The molecule has 0 unspecified atom stereocenters. The number of hydrogen-bond acceptors (Lipinski definition) is 5. The minimum absolute atomic E-state index is 0.0388. The van der Waals surface area contributed by atoms with Gasteiger partial charge in [-0.15, -0.1) is 5.10 Å². The molecule has 0 aliphatic rings. The van der Waals surface area contributed by atoms with Crippen molar-refractivity contribution >= 4 is 17.7 Å². The zero-order valence-corrected chi connectivity index (χ0v) is 14.7. The summed E-state index contributed by atoms with van der Waals surface area (Å²) in [6, 6.07) is 19.8. The lowest BCUT2D eigenvalue weighted by molar-refractivity contribution is -0.120. The standard InChI is InChI=1S/C18H19N5OS/c1-14(17(24)19-12-15-8-4-2-5-9-15)25-18-20-21-22-23(18)13-16-10-6-3-7-11-16/h2-11,14H,12-13H2,1H3,(H,19,24)/t14-/m0/s1. The highest BCUT2D eigenvalue weighted by atomic mass is 32.2. The molecular weight excluding hydrogens is 334 g/mol. The third-order valence-electron chi connectivity index (χ3n) is 3.64. The van der Waals surface area contributed by atoms with Crippen molar-refractivity contribution in [3.63, 3.8) is 0 Å². The maximum absolute atomic E-state index is 12.3. The minimum Gasteiger partial charge on any atom is -0.351 e. The summed E-state index contributed by atoms with van der Waals surface area (Å²) in [5.74, 6) is -0.0388. The van der Waals surface area contributed by atoms with Crippen LogP contribution >= 0.6 is 11.8 Å². The van der Waals surface area contributed by atoms with Crippen LogP contribution in [-0.4, -0.2) is 31.4 Å². The van der Waals surface area contributed by atoms with E-state index in [0.29, 0.717) is 18.2 Å². The third kappa shape index (κ3) is 4.90. The maximum Gasteiger partial charge on any atom is 0.233 e. The molecule has 1 aromatic heterocycles. The van der Waals surface area contributed by atoms with Gasteiger partial charge >= 0.3 is 0 Å². The molecule has 128 valence electrons. The number of nitrogens with one attached hydrogen (secondary N) is 1. The first-order valence-corrected chi connectivity index (χ1v) is 8.89. The molecule has 0 radical (unpaired) electrons. The molecular formula is C18H19N5OS. The molecule has 25 heavy (non-hydrogen) atoms. The first kappa shape index (κ1) is 17.2. The second-order valence-corrected chi connectivity index (χ2v) is 6.88. The van der Waals surface area contributed by atoms with E-state index < -0.39 is 0 Å². The van der Waals surface area contributed by atoms with Crippen LogP contribution in [0.15, 0.2) is 65.8 Å². The summed E-state index contributed by atoms with van der Waals surface area (Å²) in [4.78, 5) is 12.3. The first-order valence-electron chi connectivity index (χ1n) is 8.01. The van der Waals surface area contributed by atoms with Crippen molar-refractivity contribution in [2.24, 2.45) is 0 Å². The average molecular weight is 353 g/mol. The second kappa shape index (κ2) is 8.43. The van der Waals surface area contributed by atoms with Gasteiger partial charge in [0.25, 0.3) is 0 Å². The molecule has 0 bridgehead atoms. The molecule has 2 aromatic carbocycles. The van der Waals surface area contributed by atoms with Crippen molar-refractivity contribution in [1.29, 1.82) is 0 Å². The molecule has 0 fully saturated rings. The fourth-order valence-corrected chi connectivity index (χ4v) is 3.09. The lowest BCUT2D eigenvalue weighted by atomic mass is 10.2. The van der Waals surface area contributed by atoms with Gasteiger partial charge in [0.15, 0.2) is 0 Å².